The van der Waals surface area contributed by atoms with Crippen LogP contribution in [0.5, 0.6) is 0 Å². The molecule has 6 heteroatoms. The smallest absolute Gasteiger partial charge is 0.365 e. The van der Waals surface area contributed by atoms with E-state index >= 15 is 0 Å². The molecule has 0 aromatic carbocycles. The van der Waals surface area contributed by atoms with Gasteiger partial charge in [-0.25, -0.2) is 0 Å². The van der Waals surface area contributed by atoms with Crippen molar-refractivity contribution < 1.29 is 19.0 Å². The Hall–Kier alpha value is -1.85. The van der Waals surface area contributed by atoms with Gasteiger partial charge in [0.15, 0.2) is 6.26 Å². The molecule has 0 aliphatic rings. The van der Waals surface area contributed by atoms with Crippen LogP contribution in [0, 0.1) is 0 Å². The summed E-state index contributed by atoms with van der Waals surface area (Å²) in [6.45, 7) is 1.60. The van der Waals surface area contributed by atoms with Gasteiger partial charge in [0.1, 0.15) is 6.54 Å². The SMILES string of the molecule is CC(=O)NCc1[nH+]c(C(N)=O)co1. The summed E-state index contributed by atoms with van der Waals surface area (Å²) < 4.78 is 4.91. The van der Waals surface area contributed by atoms with E-state index in [1.54, 1.807) is 0 Å². The number of aromatic amines is 1. The molecule has 1 heterocycles. The van der Waals surface area contributed by atoms with Crippen LogP contribution in [0.3, 0.4) is 0 Å². The number of carbonyl (C=O) groups is 2. The number of primary amides is 1. The van der Waals surface area contributed by atoms with Crippen molar-refractivity contribution >= 4 is 11.8 Å². The normalized spacial score (nSPS) is 9.62. The molecule has 2 amide bonds. The van der Waals surface area contributed by atoms with E-state index in [4.69, 9.17) is 10.2 Å². The number of nitrogens with two attached hydrogens (primary N) is 1. The molecule has 1 aromatic heterocycles. The first-order chi connectivity index (χ1) is 6.09. The second kappa shape index (κ2) is 3.70. The summed E-state index contributed by atoms with van der Waals surface area (Å²) in [6, 6.07) is 0. The highest BCUT2D eigenvalue weighted by Gasteiger charge is 2.15. The Morgan fingerprint density at radius 2 is 2.38 bits per heavy atom. The molecule has 0 saturated carbocycles. The molecular weight excluding hydrogens is 174 g/mol. The van der Waals surface area contributed by atoms with Crippen molar-refractivity contribution in [2.24, 2.45) is 5.73 Å². The van der Waals surface area contributed by atoms with Crippen molar-refractivity contribution in [2.75, 3.05) is 0 Å². The number of rotatable bonds is 3. The highest BCUT2D eigenvalue weighted by Crippen LogP contribution is 1.93. The Labute approximate surface area is 74.1 Å². The number of carbonyl (C=O) groups excluding carboxylic acids is 2. The van der Waals surface area contributed by atoms with Gasteiger partial charge in [0.2, 0.25) is 5.91 Å². The van der Waals surface area contributed by atoms with Gasteiger partial charge < -0.3 is 15.5 Å². The minimum Gasteiger partial charge on any atom is -0.408 e. The third kappa shape index (κ3) is 2.58. The van der Waals surface area contributed by atoms with Crippen LogP contribution in [0.1, 0.15) is 23.3 Å². The lowest BCUT2D eigenvalue weighted by Gasteiger charge is -1.90. The lowest BCUT2D eigenvalue weighted by Crippen LogP contribution is -2.26. The largest absolute Gasteiger partial charge is 0.408 e. The molecule has 0 spiro atoms. The summed E-state index contributed by atoms with van der Waals surface area (Å²) >= 11 is 0. The molecule has 0 unspecified atom stereocenters. The van der Waals surface area contributed by atoms with E-state index < -0.39 is 5.91 Å². The van der Waals surface area contributed by atoms with E-state index in [1.807, 2.05) is 0 Å². The standard InChI is InChI=1S/C7H9N3O3/c1-4(11)9-2-6-10-5(3-13-6)7(8)12/h3H,2H2,1H3,(H2,8,12)(H,9,11)/p+1. The van der Waals surface area contributed by atoms with E-state index in [2.05, 4.69) is 10.3 Å². The van der Waals surface area contributed by atoms with Gasteiger partial charge >= 0.3 is 17.5 Å². The number of amides is 2. The molecule has 0 aliphatic carbocycles. The van der Waals surface area contributed by atoms with Crippen LogP contribution >= 0.6 is 0 Å². The maximum atomic E-state index is 10.6. The first-order valence-corrected chi connectivity index (χ1v) is 3.63. The Morgan fingerprint density at radius 1 is 1.69 bits per heavy atom. The van der Waals surface area contributed by atoms with Gasteiger partial charge in [0.05, 0.1) is 0 Å². The zero-order valence-corrected chi connectivity index (χ0v) is 7.09. The van der Waals surface area contributed by atoms with Crippen LogP contribution in [-0.2, 0) is 11.3 Å². The molecular formula is C7H10N3O3+. The van der Waals surface area contributed by atoms with Gasteiger partial charge in [-0.1, -0.05) is 0 Å². The molecule has 6 nitrogen and oxygen atoms in total. The highest BCUT2D eigenvalue weighted by molar-refractivity contribution is 5.88. The molecule has 1 rings (SSSR count). The van der Waals surface area contributed by atoms with Gasteiger partial charge in [-0.05, 0) is 0 Å². The number of H-pyrrole nitrogens is 1. The minimum atomic E-state index is -0.599. The van der Waals surface area contributed by atoms with E-state index in [9.17, 15) is 9.59 Å². The van der Waals surface area contributed by atoms with Crippen molar-refractivity contribution in [1.29, 1.82) is 0 Å². The Balaban J connectivity index is 2.59. The van der Waals surface area contributed by atoms with Crippen molar-refractivity contribution in [2.45, 2.75) is 13.5 Å². The molecule has 0 atom stereocenters. The van der Waals surface area contributed by atoms with Crippen LogP contribution in [0.2, 0.25) is 0 Å². The quantitative estimate of drug-likeness (QED) is 0.618. The fourth-order valence-electron chi connectivity index (χ4n) is 0.749. The first kappa shape index (κ1) is 9.24. The fraction of sp³-hybridized carbons (Fsp3) is 0.286. The lowest BCUT2D eigenvalue weighted by molar-refractivity contribution is -0.401. The minimum absolute atomic E-state index is 0.176. The Kier molecular flexibility index (Phi) is 2.63. The molecule has 0 aliphatic heterocycles. The zero-order valence-electron chi connectivity index (χ0n) is 7.09. The number of nitrogens with one attached hydrogen (secondary N) is 2. The first-order valence-electron chi connectivity index (χ1n) is 3.63. The van der Waals surface area contributed by atoms with Crippen molar-refractivity contribution in [3.63, 3.8) is 0 Å². The molecule has 0 bridgehead atoms. The molecule has 70 valence electrons. The molecule has 4 N–H and O–H groups in total. The third-order valence-electron chi connectivity index (χ3n) is 1.36. The molecule has 0 saturated heterocycles. The maximum absolute atomic E-state index is 10.6. The van der Waals surface area contributed by atoms with E-state index in [1.165, 1.54) is 13.2 Å². The third-order valence-corrected chi connectivity index (χ3v) is 1.36. The van der Waals surface area contributed by atoms with E-state index in [-0.39, 0.29) is 18.1 Å². The Bertz CT molecular complexity index is 331. The number of hydrogen-bond donors (Lipinski definition) is 2. The van der Waals surface area contributed by atoms with Crippen molar-refractivity contribution in [3.8, 4) is 0 Å². The monoisotopic (exact) mass is 184 g/mol. The van der Waals surface area contributed by atoms with E-state index in [0.717, 1.165) is 0 Å². The van der Waals surface area contributed by atoms with Gasteiger partial charge in [-0.15, -0.1) is 0 Å². The fourth-order valence-corrected chi connectivity index (χ4v) is 0.749. The topological polar surface area (TPSA) is 99.5 Å². The van der Waals surface area contributed by atoms with Crippen LogP contribution in [0.4, 0.5) is 0 Å². The van der Waals surface area contributed by atoms with Crippen LogP contribution < -0.4 is 16.0 Å². The maximum Gasteiger partial charge on any atom is 0.365 e. The van der Waals surface area contributed by atoms with Gasteiger partial charge in [-0.3, -0.25) is 9.59 Å². The average molecular weight is 184 g/mol. The predicted molar refractivity (Wildman–Crippen MR) is 41.3 cm³/mol. The van der Waals surface area contributed by atoms with Crippen LogP contribution in [0.15, 0.2) is 10.7 Å². The number of aromatic nitrogens is 1. The average Bonchev–Trinajstić information content (AvgIpc) is 2.48. The number of oxazole rings is 1. The molecule has 0 radical (unpaired) electrons. The summed E-state index contributed by atoms with van der Waals surface area (Å²) in [7, 11) is 0. The van der Waals surface area contributed by atoms with Gasteiger partial charge in [0.25, 0.3) is 0 Å². The molecule has 0 fully saturated rings. The summed E-state index contributed by atoms with van der Waals surface area (Å²) in [5, 5.41) is 2.50. The lowest BCUT2D eigenvalue weighted by atomic mass is 10.5. The van der Waals surface area contributed by atoms with Crippen LogP contribution in [-0.4, -0.2) is 11.8 Å². The summed E-state index contributed by atoms with van der Waals surface area (Å²) in [5.74, 6) is -0.396. The van der Waals surface area contributed by atoms with Gasteiger partial charge in [0, 0.05) is 6.92 Å². The second-order valence-corrected chi connectivity index (χ2v) is 2.47. The zero-order chi connectivity index (χ0) is 9.84. The highest BCUT2D eigenvalue weighted by atomic mass is 16.3. The second-order valence-electron chi connectivity index (χ2n) is 2.47. The summed E-state index contributed by atoms with van der Waals surface area (Å²) in [4.78, 5) is 23.7. The van der Waals surface area contributed by atoms with Crippen molar-refractivity contribution in [1.82, 2.24) is 5.32 Å². The van der Waals surface area contributed by atoms with Gasteiger partial charge in [-0.2, -0.15) is 4.98 Å². The Morgan fingerprint density at radius 3 is 2.85 bits per heavy atom. The van der Waals surface area contributed by atoms with E-state index in [0.29, 0.717) is 5.89 Å². The molecule has 13 heavy (non-hydrogen) atoms. The predicted octanol–water partition coefficient (Wildman–Crippen LogP) is -1.17. The number of hydrogen-bond acceptors (Lipinski definition) is 3. The van der Waals surface area contributed by atoms with Crippen molar-refractivity contribution in [3.05, 3.63) is 17.8 Å². The summed E-state index contributed by atoms with van der Waals surface area (Å²) in [6.07, 6.45) is 1.21. The summed E-state index contributed by atoms with van der Waals surface area (Å²) in [5.41, 5.74) is 5.15. The van der Waals surface area contributed by atoms with Crippen LogP contribution in [0.25, 0.3) is 0 Å². The molecule has 1 aromatic rings.